The number of nitrogens with zero attached hydrogens (tertiary/aromatic N) is 3. The summed E-state index contributed by atoms with van der Waals surface area (Å²) in [7, 11) is 1.43. The van der Waals surface area contributed by atoms with Crippen LogP contribution in [0.2, 0.25) is 0 Å². The van der Waals surface area contributed by atoms with Crippen molar-refractivity contribution in [3.05, 3.63) is 24.3 Å². The third kappa shape index (κ3) is 2.27. The van der Waals surface area contributed by atoms with Crippen LogP contribution in [0.1, 0.15) is 12.8 Å². The molecule has 1 aliphatic rings. The Hall–Kier alpha value is -1.95. The molecule has 1 aliphatic carbocycles. The molecule has 1 aromatic heterocycles. The van der Waals surface area contributed by atoms with Crippen LogP contribution in [0.5, 0.6) is 5.75 Å². The number of methoxy groups -OCH3 is 1. The van der Waals surface area contributed by atoms with Crippen molar-refractivity contribution in [2.75, 3.05) is 25.2 Å². The van der Waals surface area contributed by atoms with Gasteiger partial charge in [-0.05, 0) is 18.9 Å². The molecule has 0 spiro atoms. The Balaban J connectivity index is 2.13. The molecule has 3 rings (SSSR count). The molecular formula is C14H16FN3O2. The van der Waals surface area contributed by atoms with Crippen LogP contribution in [0.25, 0.3) is 10.9 Å². The summed E-state index contributed by atoms with van der Waals surface area (Å²) in [4.78, 5) is 10.5. The topological polar surface area (TPSA) is 58.5 Å². The van der Waals surface area contributed by atoms with Gasteiger partial charge < -0.3 is 14.7 Å². The molecule has 0 atom stereocenters. The lowest BCUT2D eigenvalue weighted by Crippen LogP contribution is -2.30. The summed E-state index contributed by atoms with van der Waals surface area (Å²) in [6, 6.07) is 3.37. The van der Waals surface area contributed by atoms with Gasteiger partial charge in [-0.3, -0.25) is 0 Å². The maximum absolute atomic E-state index is 13.7. The second-order valence-electron chi connectivity index (χ2n) is 4.85. The Morgan fingerprint density at radius 3 is 2.85 bits per heavy atom. The molecule has 106 valence electrons. The molecule has 0 bridgehead atoms. The molecule has 1 aromatic carbocycles. The smallest absolute Gasteiger partial charge is 0.167 e. The van der Waals surface area contributed by atoms with Crippen LogP contribution >= 0.6 is 0 Å². The van der Waals surface area contributed by atoms with Gasteiger partial charge in [-0.1, -0.05) is 0 Å². The number of hydrogen-bond donors (Lipinski definition) is 1. The Bertz CT molecular complexity index is 631. The van der Waals surface area contributed by atoms with Gasteiger partial charge in [-0.15, -0.1) is 0 Å². The number of aliphatic hydroxyl groups excluding tert-OH is 1. The van der Waals surface area contributed by atoms with Gasteiger partial charge in [-0.25, -0.2) is 14.4 Å². The zero-order valence-corrected chi connectivity index (χ0v) is 11.2. The molecule has 5 nitrogen and oxygen atoms in total. The van der Waals surface area contributed by atoms with Crippen LogP contribution in [0, 0.1) is 5.82 Å². The maximum Gasteiger partial charge on any atom is 0.167 e. The number of rotatable bonds is 5. The van der Waals surface area contributed by atoms with E-state index in [4.69, 9.17) is 4.74 Å². The summed E-state index contributed by atoms with van der Waals surface area (Å²) in [5.74, 6) is 0.461. The molecule has 20 heavy (non-hydrogen) atoms. The highest BCUT2D eigenvalue weighted by Crippen LogP contribution is 2.35. The summed E-state index contributed by atoms with van der Waals surface area (Å²) in [6.45, 7) is 0.566. The molecular weight excluding hydrogens is 261 g/mol. The van der Waals surface area contributed by atoms with Crippen molar-refractivity contribution < 1.29 is 14.2 Å². The third-order valence-corrected chi connectivity index (χ3v) is 3.49. The summed E-state index contributed by atoms with van der Waals surface area (Å²) in [6.07, 6.45) is 3.60. The number of hydrogen-bond acceptors (Lipinski definition) is 5. The average Bonchev–Trinajstić information content (AvgIpc) is 3.28. The summed E-state index contributed by atoms with van der Waals surface area (Å²) >= 11 is 0. The monoisotopic (exact) mass is 277 g/mol. The minimum Gasteiger partial charge on any atom is -0.494 e. The molecule has 1 heterocycles. The van der Waals surface area contributed by atoms with Crippen molar-refractivity contribution in [3.8, 4) is 5.75 Å². The Kier molecular flexibility index (Phi) is 3.40. The SMILES string of the molecule is COc1cc2c(N(CCO)C3CC3)ncnc2cc1F. The number of aliphatic hydroxyl groups is 1. The Morgan fingerprint density at radius 1 is 1.40 bits per heavy atom. The minimum absolute atomic E-state index is 0.0559. The van der Waals surface area contributed by atoms with E-state index >= 15 is 0 Å². The number of aromatic nitrogens is 2. The van der Waals surface area contributed by atoms with Crippen LogP contribution < -0.4 is 9.64 Å². The van der Waals surface area contributed by atoms with E-state index in [0.29, 0.717) is 18.1 Å². The average molecular weight is 277 g/mol. The van der Waals surface area contributed by atoms with Gasteiger partial charge in [0.15, 0.2) is 11.6 Å². The van der Waals surface area contributed by atoms with E-state index in [1.54, 1.807) is 6.07 Å². The van der Waals surface area contributed by atoms with Crippen molar-refractivity contribution in [2.24, 2.45) is 0 Å². The standard InChI is InChI=1S/C14H16FN3O2/c1-20-13-6-10-12(7-11(13)15)16-8-17-14(10)18(4-5-19)9-2-3-9/h6-9,19H,2-5H2,1H3. The van der Waals surface area contributed by atoms with E-state index in [2.05, 4.69) is 14.9 Å². The van der Waals surface area contributed by atoms with Crippen LogP contribution in [-0.2, 0) is 0 Å². The maximum atomic E-state index is 13.7. The highest BCUT2D eigenvalue weighted by molar-refractivity contribution is 5.90. The van der Waals surface area contributed by atoms with E-state index in [1.165, 1.54) is 19.5 Å². The molecule has 0 unspecified atom stereocenters. The molecule has 0 amide bonds. The zero-order chi connectivity index (χ0) is 14.1. The van der Waals surface area contributed by atoms with Gasteiger partial charge in [0.05, 0.1) is 19.2 Å². The molecule has 0 saturated heterocycles. The molecule has 1 fully saturated rings. The lowest BCUT2D eigenvalue weighted by Gasteiger charge is -2.23. The summed E-state index contributed by atoms with van der Waals surface area (Å²) < 4.78 is 18.8. The van der Waals surface area contributed by atoms with Crippen LogP contribution in [0.3, 0.4) is 0 Å². The van der Waals surface area contributed by atoms with Gasteiger partial charge in [-0.2, -0.15) is 0 Å². The molecule has 0 radical (unpaired) electrons. The van der Waals surface area contributed by atoms with Gasteiger partial charge >= 0.3 is 0 Å². The van der Waals surface area contributed by atoms with E-state index in [1.807, 2.05) is 0 Å². The van der Waals surface area contributed by atoms with Crippen LogP contribution in [0.4, 0.5) is 10.2 Å². The first-order valence-electron chi connectivity index (χ1n) is 6.60. The van der Waals surface area contributed by atoms with Crippen molar-refractivity contribution >= 4 is 16.7 Å². The summed E-state index contributed by atoms with van der Waals surface area (Å²) in [5, 5.41) is 9.96. The first-order chi connectivity index (χ1) is 9.74. The fourth-order valence-electron chi connectivity index (χ4n) is 2.38. The number of anilines is 1. The predicted octanol–water partition coefficient (Wildman–Crippen LogP) is 1.74. The molecule has 1 N–H and O–H groups in total. The van der Waals surface area contributed by atoms with E-state index in [9.17, 15) is 9.50 Å². The van der Waals surface area contributed by atoms with Gasteiger partial charge in [0.1, 0.15) is 12.1 Å². The van der Waals surface area contributed by atoms with Crippen molar-refractivity contribution in [1.29, 1.82) is 0 Å². The molecule has 0 aliphatic heterocycles. The van der Waals surface area contributed by atoms with E-state index in [0.717, 1.165) is 24.0 Å². The van der Waals surface area contributed by atoms with Crippen LogP contribution in [0.15, 0.2) is 18.5 Å². The largest absolute Gasteiger partial charge is 0.494 e. The quantitative estimate of drug-likeness (QED) is 0.902. The lowest BCUT2D eigenvalue weighted by atomic mass is 10.2. The predicted molar refractivity (Wildman–Crippen MR) is 73.5 cm³/mol. The van der Waals surface area contributed by atoms with E-state index < -0.39 is 5.82 Å². The van der Waals surface area contributed by atoms with Gasteiger partial charge in [0, 0.05) is 24.0 Å². The molecule has 1 saturated carbocycles. The number of halogens is 1. The molecule has 2 aromatic rings. The fourth-order valence-corrected chi connectivity index (χ4v) is 2.38. The number of ether oxygens (including phenoxy) is 1. The van der Waals surface area contributed by atoms with Gasteiger partial charge in [0.25, 0.3) is 0 Å². The van der Waals surface area contributed by atoms with Crippen LogP contribution in [-0.4, -0.2) is 41.4 Å². The second kappa shape index (κ2) is 5.20. The lowest BCUT2D eigenvalue weighted by molar-refractivity contribution is 0.301. The number of fused-ring (bicyclic) bond motifs is 1. The molecule has 6 heteroatoms. The normalized spacial score (nSPS) is 14.6. The van der Waals surface area contributed by atoms with Gasteiger partial charge in [0.2, 0.25) is 0 Å². The van der Waals surface area contributed by atoms with Crippen molar-refractivity contribution in [2.45, 2.75) is 18.9 Å². The van der Waals surface area contributed by atoms with Crippen molar-refractivity contribution in [3.63, 3.8) is 0 Å². The number of benzene rings is 1. The Labute approximate surface area is 116 Å². The van der Waals surface area contributed by atoms with Crippen molar-refractivity contribution in [1.82, 2.24) is 9.97 Å². The summed E-state index contributed by atoms with van der Waals surface area (Å²) in [5.41, 5.74) is 0.539. The third-order valence-electron chi connectivity index (χ3n) is 3.49. The Morgan fingerprint density at radius 2 is 2.20 bits per heavy atom. The highest BCUT2D eigenvalue weighted by Gasteiger charge is 2.30. The first kappa shape index (κ1) is 13.1. The minimum atomic E-state index is -0.440. The second-order valence-corrected chi connectivity index (χ2v) is 4.85. The zero-order valence-electron chi connectivity index (χ0n) is 11.2. The highest BCUT2D eigenvalue weighted by atomic mass is 19.1. The first-order valence-corrected chi connectivity index (χ1v) is 6.60. The fraction of sp³-hybridized carbons (Fsp3) is 0.429. The van der Waals surface area contributed by atoms with E-state index in [-0.39, 0.29) is 12.4 Å².